The van der Waals surface area contributed by atoms with Gasteiger partial charge < -0.3 is 5.32 Å². The number of hydrogen-bond donors (Lipinski definition) is 1. The first kappa shape index (κ1) is 10.6. The van der Waals surface area contributed by atoms with Crippen LogP contribution in [0.3, 0.4) is 0 Å². The lowest BCUT2D eigenvalue weighted by atomic mass is 9.91. The predicted molar refractivity (Wildman–Crippen MR) is 57.3 cm³/mol. The van der Waals surface area contributed by atoms with E-state index in [9.17, 15) is 4.39 Å². The summed E-state index contributed by atoms with van der Waals surface area (Å²) < 4.78 is 16.0. The molecule has 1 aliphatic rings. The van der Waals surface area contributed by atoms with Gasteiger partial charge in [0.25, 0.3) is 0 Å². The van der Waals surface area contributed by atoms with Gasteiger partial charge >= 0.3 is 0 Å². The molecule has 0 aliphatic carbocycles. The van der Waals surface area contributed by atoms with Crippen molar-refractivity contribution in [2.24, 2.45) is 5.92 Å². The van der Waals surface area contributed by atoms with Crippen molar-refractivity contribution in [2.75, 3.05) is 13.1 Å². The Morgan fingerprint density at radius 3 is 3.00 bits per heavy atom. The zero-order valence-corrected chi connectivity index (χ0v) is 9.12. The molecular weight excluding hydrogens is 193 g/mol. The number of nitrogens with one attached hydrogen (secondary N) is 1. The Bertz CT molecular complexity index is 305. The summed E-state index contributed by atoms with van der Waals surface area (Å²) in [6.45, 7) is 4.61. The van der Waals surface area contributed by atoms with Crippen LogP contribution in [0.4, 0.5) is 4.39 Å². The molecule has 1 aromatic heterocycles. The van der Waals surface area contributed by atoms with Gasteiger partial charge in [0.1, 0.15) is 6.17 Å². The summed E-state index contributed by atoms with van der Waals surface area (Å²) in [7, 11) is 0. The van der Waals surface area contributed by atoms with Gasteiger partial charge in [0.15, 0.2) is 0 Å². The van der Waals surface area contributed by atoms with E-state index in [1.54, 1.807) is 16.9 Å². The molecule has 1 fully saturated rings. The number of nitrogens with zero attached hydrogens (tertiary/aromatic N) is 2. The number of rotatable bonds is 3. The number of halogens is 1. The van der Waals surface area contributed by atoms with Crippen molar-refractivity contribution in [2.45, 2.75) is 32.5 Å². The van der Waals surface area contributed by atoms with E-state index in [0.29, 0.717) is 0 Å². The average Bonchev–Trinajstić information content (AvgIpc) is 2.77. The molecule has 0 bridgehead atoms. The van der Waals surface area contributed by atoms with Crippen LogP contribution >= 0.6 is 0 Å². The lowest BCUT2D eigenvalue weighted by Crippen LogP contribution is -2.30. The maximum absolute atomic E-state index is 14.2. The zero-order chi connectivity index (χ0) is 10.7. The minimum atomic E-state index is -0.852. The highest BCUT2D eigenvalue weighted by atomic mass is 19.1. The van der Waals surface area contributed by atoms with E-state index in [2.05, 4.69) is 10.4 Å². The number of aromatic nitrogens is 2. The van der Waals surface area contributed by atoms with Crippen LogP contribution in [0.5, 0.6) is 0 Å². The largest absolute Gasteiger partial charge is 0.317 e. The first-order chi connectivity index (χ1) is 7.33. The Balaban J connectivity index is 2.08. The molecule has 0 saturated carbocycles. The van der Waals surface area contributed by atoms with E-state index in [0.717, 1.165) is 38.2 Å². The molecule has 0 aromatic carbocycles. The number of aryl methyl sites for hydroxylation is 1. The van der Waals surface area contributed by atoms with Crippen molar-refractivity contribution < 1.29 is 4.39 Å². The smallest absolute Gasteiger partial charge is 0.144 e. The van der Waals surface area contributed by atoms with Gasteiger partial charge in [-0.05, 0) is 44.8 Å². The van der Waals surface area contributed by atoms with E-state index >= 15 is 0 Å². The topological polar surface area (TPSA) is 29.9 Å². The van der Waals surface area contributed by atoms with Crippen LogP contribution in [0, 0.1) is 5.92 Å². The molecule has 2 heterocycles. The normalized spacial score (nSPS) is 20.4. The summed E-state index contributed by atoms with van der Waals surface area (Å²) in [5, 5.41) is 7.37. The number of hydrogen-bond acceptors (Lipinski definition) is 2. The maximum atomic E-state index is 14.2. The van der Waals surface area contributed by atoms with Gasteiger partial charge in [0.05, 0.1) is 5.69 Å². The van der Waals surface area contributed by atoms with Gasteiger partial charge in [0, 0.05) is 12.7 Å². The van der Waals surface area contributed by atoms with Crippen LogP contribution in [-0.4, -0.2) is 22.9 Å². The van der Waals surface area contributed by atoms with Crippen molar-refractivity contribution in [3.8, 4) is 0 Å². The van der Waals surface area contributed by atoms with Crippen molar-refractivity contribution in [1.29, 1.82) is 0 Å². The minimum Gasteiger partial charge on any atom is -0.317 e. The average molecular weight is 211 g/mol. The highest BCUT2D eigenvalue weighted by Crippen LogP contribution is 2.31. The lowest BCUT2D eigenvalue weighted by molar-refractivity contribution is 0.180. The molecule has 0 amide bonds. The Morgan fingerprint density at radius 2 is 2.33 bits per heavy atom. The first-order valence-corrected chi connectivity index (χ1v) is 5.69. The molecule has 1 N–H and O–H groups in total. The van der Waals surface area contributed by atoms with Crippen LogP contribution in [0.2, 0.25) is 0 Å². The van der Waals surface area contributed by atoms with Gasteiger partial charge in [-0.25, -0.2) is 4.39 Å². The summed E-state index contributed by atoms with van der Waals surface area (Å²) in [5.41, 5.74) is 0.740. The number of piperidine rings is 1. The standard InChI is InChI=1S/C11H18FN3/c1-2-15-10(5-8-14-15)11(12)9-3-6-13-7-4-9/h5,8-9,11,13H,2-4,6-7H2,1H3. The van der Waals surface area contributed by atoms with E-state index in [4.69, 9.17) is 0 Å². The Labute approximate surface area is 89.7 Å². The molecule has 1 saturated heterocycles. The van der Waals surface area contributed by atoms with Gasteiger partial charge in [-0.2, -0.15) is 5.10 Å². The number of alkyl halides is 1. The second kappa shape index (κ2) is 4.75. The van der Waals surface area contributed by atoms with Crippen LogP contribution in [-0.2, 0) is 6.54 Å². The predicted octanol–water partition coefficient (Wildman–Crippen LogP) is 1.91. The van der Waals surface area contributed by atoms with Crippen molar-refractivity contribution in [3.05, 3.63) is 18.0 Å². The fourth-order valence-electron chi connectivity index (χ4n) is 2.22. The molecule has 3 nitrogen and oxygen atoms in total. The van der Waals surface area contributed by atoms with Gasteiger partial charge in [-0.15, -0.1) is 0 Å². The Morgan fingerprint density at radius 1 is 1.60 bits per heavy atom. The monoisotopic (exact) mass is 211 g/mol. The fourth-order valence-corrected chi connectivity index (χ4v) is 2.22. The quantitative estimate of drug-likeness (QED) is 0.827. The van der Waals surface area contributed by atoms with Gasteiger partial charge in [0.2, 0.25) is 0 Å². The summed E-state index contributed by atoms with van der Waals surface area (Å²) in [6.07, 6.45) is 2.69. The van der Waals surface area contributed by atoms with E-state index in [1.165, 1.54) is 0 Å². The van der Waals surface area contributed by atoms with Crippen LogP contribution < -0.4 is 5.32 Å². The molecule has 2 rings (SSSR count). The van der Waals surface area contributed by atoms with E-state index in [1.807, 2.05) is 6.92 Å². The van der Waals surface area contributed by atoms with E-state index in [-0.39, 0.29) is 5.92 Å². The second-order valence-corrected chi connectivity index (χ2v) is 4.06. The van der Waals surface area contributed by atoms with Crippen molar-refractivity contribution in [1.82, 2.24) is 15.1 Å². The third-order valence-electron chi connectivity index (χ3n) is 3.13. The van der Waals surface area contributed by atoms with Crippen molar-refractivity contribution in [3.63, 3.8) is 0 Å². The summed E-state index contributed by atoms with van der Waals surface area (Å²) in [6, 6.07) is 1.80. The van der Waals surface area contributed by atoms with Gasteiger partial charge in [-0.1, -0.05) is 0 Å². The molecule has 1 aliphatic heterocycles. The zero-order valence-electron chi connectivity index (χ0n) is 9.12. The molecule has 1 unspecified atom stereocenters. The van der Waals surface area contributed by atoms with E-state index < -0.39 is 6.17 Å². The maximum Gasteiger partial charge on any atom is 0.144 e. The molecule has 1 atom stereocenters. The molecule has 0 spiro atoms. The van der Waals surface area contributed by atoms with Crippen LogP contribution in [0.15, 0.2) is 12.3 Å². The van der Waals surface area contributed by atoms with Crippen LogP contribution in [0.1, 0.15) is 31.6 Å². The Kier molecular flexibility index (Phi) is 3.36. The first-order valence-electron chi connectivity index (χ1n) is 5.69. The molecule has 0 radical (unpaired) electrons. The second-order valence-electron chi connectivity index (χ2n) is 4.06. The lowest BCUT2D eigenvalue weighted by Gasteiger charge is -2.25. The van der Waals surface area contributed by atoms with Crippen LogP contribution in [0.25, 0.3) is 0 Å². The SMILES string of the molecule is CCn1nccc1C(F)C1CCNCC1. The molecular formula is C11H18FN3. The summed E-state index contributed by atoms with van der Waals surface area (Å²) >= 11 is 0. The molecule has 84 valence electrons. The third-order valence-corrected chi connectivity index (χ3v) is 3.13. The molecule has 15 heavy (non-hydrogen) atoms. The Hall–Kier alpha value is -0.900. The highest BCUT2D eigenvalue weighted by Gasteiger charge is 2.26. The van der Waals surface area contributed by atoms with Gasteiger partial charge in [-0.3, -0.25) is 4.68 Å². The third kappa shape index (κ3) is 2.20. The minimum absolute atomic E-state index is 0.160. The summed E-state index contributed by atoms with van der Waals surface area (Å²) in [5.74, 6) is 0.160. The highest BCUT2D eigenvalue weighted by molar-refractivity contribution is 5.06. The molecule has 4 heteroatoms. The summed E-state index contributed by atoms with van der Waals surface area (Å²) in [4.78, 5) is 0. The molecule has 1 aromatic rings. The van der Waals surface area contributed by atoms with Crippen molar-refractivity contribution >= 4 is 0 Å². The fraction of sp³-hybridized carbons (Fsp3) is 0.727.